The Morgan fingerprint density at radius 3 is 2.94 bits per heavy atom. The third-order valence-corrected chi connectivity index (χ3v) is 3.31. The molecule has 0 radical (unpaired) electrons. The number of nitrogens with zero attached hydrogens (tertiary/aromatic N) is 4. The van der Waals surface area contributed by atoms with Crippen LogP contribution in [0.25, 0.3) is 16.9 Å². The fraction of sp³-hybridized carbons (Fsp3) is 0.167. The van der Waals surface area contributed by atoms with Gasteiger partial charge >= 0.3 is 0 Å². The average molecular weight is 291 g/mol. The van der Waals surface area contributed by atoms with E-state index in [0.29, 0.717) is 0 Å². The molecule has 0 aliphatic heterocycles. The monoisotopic (exact) mass is 290 g/mol. The Morgan fingerprint density at radius 1 is 1.35 bits per heavy atom. The first kappa shape index (κ1) is 10.5. The van der Waals surface area contributed by atoms with E-state index in [1.165, 1.54) is 0 Å². The van der Waals surface area contributed by atoms with Gasteiger partial charge in [-0.25, -0.2) is 4.98 Å². The van der Waals surface area contributed by atoms with Crippen molar-refractivity contribution in [1.29, 1.82) is 0 Å². The molecule has 0 saturated heterocycles. The predicted octanol–water partition coefficient (Wildman–Crippen LogP) is 2.98. The van der Waals surface area contributed by atoms with Crippen molar-refractivity contribution >= 4 is 21.6 Å². The molecule has 0 spiro atoms. The van der Waals surface area contributed by atoms with E-state index >= 15 is 0 Å². The van der Waals surface area contributed by atoms with Gasteiger partial charge in [0.15, 0.2) is 5.65 Å². The number of hydrogen-bond acceptors (Lipinski definition) is 2. The Kier molecular flexibility index (Phi) is 2.48. The number of pyridine rings is 1. The molecule has 3 aromatic heterocycles. The molecule has 5 heteroatoms. The van der Waals surface area contributed by atoms with Gasteiger partial charge < -0.3 is 4.40 Å². The van der Waals surface area contributed by atoms with Gasteiger partial charge in [-0.1, -0.05) is 0 Å². The highest BCUT2D eigenvalue weighted by molar-refractivity contribution is 9.10. The molecule has 0 fully saturated rings. The van der Waals surface area contributed by atoms with Gasteiger partial charge in [-0.3, -0.25) is 4.68 Å². The van der Waals surface area contributed by atoms with Gasteiger partial charge in [0, 0.05) is 30.7 Å². The SMILES string of the molecule is CCn1cc(-c2cn3cccc(Br)c3n2)cn1. The number of aryl methyl sites for hydroxylation is 1. The molecular formula is C12H11BrN4. The second kappa shape index (κ2) is 4.00. The zero-order valence-corrected chi connectivity index (χ0v) is 10.9. The molecule has 0 atom stereocenters. The van der Waals surface area contributed by atoms with Crippen molar-refractivity contribution in [3.05, 3.63) is 41.4 Å². The van der Waals surface area contributed by atoms with Crippen molar-refractivity contribution in [2.75, 3.05) is 0 Å². The molecule has 3 aromatic rings. The molecule has 0 amide bonds. The fourth-order valence-electron chi connectivity index (χ4n) is 1.79. The van der Waals surface area contributed by atoms with Crippen molar-refractivity contribution in [3.8, 4) is 11.3 Å². The Labute approximate surface area is 107 Å². The van der Waals surface area contributed by atoms with Crippen molar-refractivity contribution in [2.24, 2.45) is 0 Å². The van der Waals surface area contributed by atoms with Crippen LogP contribution < -0.4 is 0 Å². The molecule has 86 valence electrons. The highest BCUT2D eigenvalue weighted by atomic mass is 79.9. The minimum absolute atomic E-state index is 0.872. The van der Waals surface area contributed by atoms with Gasteiger partial charge in [-0.2, -0.15) is 5.10 Å². The van der Waals surface area contributed by atoms with E-state index in [4.69, 9.17) is 0 Å². The Balaban J connectivity index is 2.14. The summed E-state index contributed by atoms with van der Waals surface area (Å²) in [6.45, 7) is 2.94. The molecule has 3 heterocycles. The lowest BCUT2D eigenvalue weighted by atomic mass is 10.3. The van der Waals surface area contributed by atoms with E-state index in [0.717, 1.165) is 27.9 Å². The van der Waals surface area contributed by atoms with Crippen LogP contribution in [0, 0.1) is 0 Å². The summed E-state index contributed by atoms with van der Waals surface area (Å²) in [5, 5.41) is 4.26. The smallest absolute Gasteiger partial charge is 0.151 e. The van der Waals surface area contributed by atoms with Crippen LogP contribution in [0.4, 0.5) is 0 Å². The van der Waals surface area contributed by atoms with Crippen molar-refractivity contribution < 1.29 is 0 Å². The Hall–Kier alpha value is -1.62. The molecule has 0 aromatic carbocycles. The first-order valence-corrected chi connectivity index (χ1v) is 6.23. The van der Waals surface area contributed by atoms with Gasteiger partial charge in [-0.15, -0.1) is 0 Å². The number of rotatable bonds is 2. The summed E-state index contributed by atoms with van der Waals surface area (Å²) in [5.74, 6) is 0. The van der Waals surface area contributed by atoms with Crippen LogP contribution in [-0.4, -0.2) is 19.2 Å². The summed E-state index contributed by atoms with van der Waals surface area (Å²) in [7, 11) is 0. The summed E-state index contributed by atoms with van der Waals surface area (Å²) < 4.78 is 4.89. The summed E-state index contributed by atoms with van der Waals surface area (Å²) in [6, 6.07) is 3.97. The lowest BCUT2D eigenvalue weighted by molar-refractivity contribution is 0.660. The van der Waals surface area contributed by atoms with Crippen LogP contribution in [0.3, 0.4) is 0 Å². The third-order valence-electron chi connectivity index (χ3n) is 2.69. The van der Waals surface area contributed by atoms with Gasteiger partial charge in [-0.05, 0) is 35.0 Å². The van der Waals surface area contributed by atoms with E-state index in [2.05, 4.69) is 32.9 Å². The van der Waals surface area contributed by atoms with E-state index in [1.54, 1.807) is 0 Å². The van der Waals surface area contributed by atoms with Crippen LogP contribution in [-0.2, 0) is 6.54 Å². The van der Waals surface area contributed by atoms with Crippen LogP contribution in [0.2, 0.25) is 0 Å². The molecule has 0 aliphatic carbocycles. The Bertz CT molecular complexity index is 668. The maximum Gasteiger partial charge on any atom is 0.151 e. The van der Waals surface area contributed by atoms with Gasteiger partial charge in [0.1, 0.15) is 0 Å². The molecule has 0 aliphatic rings. The topological polar surface area (TPSA) is 35.1 Å². The normalized spacial score (nSPS) is 11.2. The minimum atomic E-state index is 0.872. The molecule has 17 heavy (non-hydrogen) atoms. The molecule has 0 bridgehead atoms. The zero-order valence-electron chi connectivity index (χ0n) is 9.34. The maximum absolute atomic E-state index is 4.59. The number of imidazole rings is 1. The highest BCUT2D eigenvalue weighted by Crippen LogP contribution is 2.22. The van der Waals surface area contributed by atoms with Crippen LogP contribution >= 0.6 is 15.9 Å². The molecule has 0 saturated carbocycles. The van der Waals surface area contributed by atoms with Gasteiger partial charge in [0.25, 0.3) is 0 Å². The molecule has 0 unspecified atom stereocenters. The molecular weight excluding hydrogens is 280 g/mol. The maximum atomic E-state index is 4.59. The summed E-state index contributed by atoms with van der Waals surface area (Å²) in [4.78, 5) is 4.59. The van der Waals surface area contributed by atoms with Gasteiger partial charge in [0.2, 0.25) is 0 Å². The van der Waals surface area contributed by atoms with Crippen molar-refractivity contribution in [3.63, 3.8) is 0 Å². The molecule has 3 rings (SSSR count). The summed E-state index contributed by atoms with van der Waals surface area (Å²) >= 11 is 3.50. The second-order valence-corrected chi connectivity index (χ2v) is 4.65. The first-order valence-electron chi connectivity index (χ1n) is 5.44. The van der Waals surface area contributed by atoms with Crippen LogP contribution in [0.5, 0.6) is 0 Å². The summed E-state index contributed by atoms with van der Waals surface area (Å²) in [6.07, 6.45) is 7.85. The van der Waals surface area contributed by atoms with Crippen LogP contribution in [0.1, 0.15) is 6.92 Å². The molecule has 0 N–H and O–H groups in total. The lowest BCUT2D eigenvalue weighted by Gasteiger charge is -1.92. The van der Waals surface area contributed by atoms with Crippen molar-refractivity contribution in [1.82, 2.24) is 19.2 Å². The lowest BCUT2D eigenvalue weighted by Crippen LogP contribution is -1.91. The quantitative estimate of drug-likeness (QED) is 0.727. The first-order chi connectivity index (χ1) is 8.28. The van der Waals surface area contributed by atoms with Crippen LogP contribution in [0.15, 0.2) is 41.4 Å². The Morgan fingerprint density at radius 2 is 2.24 bits per heavy atom. The zero-order chi connectivity index (χ0) is 11.8. The number of halogens is 1. The largest absolute Gasteiger partial charge is 0.306 e. The number of aromatic nitrogens is 4. The van der Waals surface area contributed by atoms with E-state index in [9.17, 15) is 0 Å². The van der Waals surface area contributed by atoms with E-state index in [1.807, 2.05) is 46.0 Å². The fourth-order valence-corrected chi connectivity index (χ4v) is 2.23. The second-order valence-electron chi connectivity index (χ2n) is 3.80. The average Bonchev–Trinajstić information content (AvgIpc) is 2.95. The molecule has 4 nitrogen and oxygen atoms in total. The standard InChI is InChI=1S/C12H11BrN4/c1-2-17-7-9(6-14-17)11-8-16-5-3-4-10(13)12(16)15-11/h3-8H,2H2,1H3. The third kappa shape index (κ3) is 1.76. The van der Waals surface area contributed by atoms with Gasteiger partial charge in [0.05, 0.1) is 16.4 Å². The highest BCUT2D eigenvalue weighted by Gasteiger charge is 2.08. The van der Waals surface area contributed by atoms with E-state index < -0.39 is 0 Å². The summed E-state index contributed by atoms with van der Waals surface area (Å²) in [5.41, 5.74) is 2.91. The van der Waals surface area contributed by atoms with Crippen molar-refractivity contribution in [2.45, 2.75) is 13.5 Å². The number of hydrogen-bond donors (Lipinski definition) is 0. The minimum Gasteiger partial charge on any atom is -0.306 e. The predicted molar refractivity (Wildman–Crippen MR) is 69.8 cm³/mol. The van der Waals surface area contributed by atoms with E-state index in [-0.39, 0.29) is 0 Å². The number of fused-ring (bicyclic) bond motifs is 1.